The molecule has 0 bridgehead atoms. The van der Waals surface area contributed by atoms with Crippen LogP contribution in [0, 0.1) is 0 Å². The van der Waals surface area contributed by atoms with Gasteiger partial charge in [0.25, 0.3) is 0 Å². The number of rotatable bonds is 60. The lowest BCUT2D eigenvalue weighted by molar-refractivity contribution is -0.143. The molecule has 2 atom stereocenters. The van der Waals surface area contributed by atoms with E-state index in [9.17, 15) is 19.8 Å². The summed E-state index contributed by atoms with van der Waals surface area (Å²) >= 11 is 0. The van der Waals surface area contributed by atoms with E-state index in [0.717, 1.165) is 77.0 Å². The number of carbonyl (C=O) groups is 2. The number of hydrogen-bond acceptors (Lipinski definition) is 5. The Balaban J connectivity index is 3.50. The first-order valence-corrected chi connectivity index (χ1v) is 32.3. The van der Waals surface area contributed by atoms with Gasteiger partial charge in [-0.15, -0.1) is 0 Å². The van der Waals surface area contributed by atoms with Gasteiger partial charge >= 0.3 is 5.97 Å². The molecule has 0 aromatic rings. The molecule has 0 aliphatic rings. The molecule has 0 rings (SSSR count). The van der Waals surface area contributed by atoms with Crippen LogP contribution in [0.4, 0.5) is 0 Å². The van der Waals surface area contributed by atoms with Crippen molar-refractivity contribution in [3.8, 4) is 0 Å². The lowest BCUT2D eigenvalue weighted by Gasteiger charge is -2.20. The van der Waals surface area contributed by atoms with Crippen molar-refractivity contribution in [2.45, 2.75) is 360 Å². The van der Waals surface area contributed by atoms with Crippen molar-refractivity contribution in [1.82, 2.24) is 5.32 Å². The molecule has 0 spiro atoms. The second-order valence-corrected chi connectivity index (χ2v) is 22.1. The average molecular weight is 1010 g/mol. The van der Waals surface area contributed by atoms with E-state index in [1.54, 1.807) is 6.08 Å². The molecule has 0 heterocycles. The van der Waals surface area contributed by atoms with Crippen LogP contribution in [0.3, 0.4) is 0 Å². The fraction of sp³-hybridized carbons (Fsp3) is 0.879. The van der Waals surface area contributed by atoms with Gasteiger partial charge in [-0.05, 0) is 64.2 Å². The predicted octanol–water partition coefficient (Wildman–Crippen LogP) is 20.4. The number of allylic oxidation sites excluding steroid dienone is 5. The second kappa shape index (κ2) is 61.6. The number of ether oxygens (including phenoxy) is 1. The summed E-state index contributed by atoms with van der Waals surface area (Å²) in [5, 5.41) is 23.2. The highest BCUT2D eigenvalue weighted by atomic mass is 16.5. The van der Waals surface area contributed by atoms with E-state index < -0.39 is 12.1 Å². The Bertz CT molecular complexity index is 1170. The highest BCUT2D eigenvalue weighted by Gasteiger charge is 2.18. The number of aliphatic hydroxyl groups excluding tert-OH is 2. The summed E-state index contributed by atoms with van der Waals surface area (Å²) in [6.07, 6.45) is 77.6. The first-order chi connectivity index (χ1) is 35.5. The molecule has 0 aliphatic heterocycles. The minimum absolute atomic E-state index is 0.0131. The molecular weight excluding hydrogens is 887 g/mol. The summed E-state index contributed by atoms with van der Waals surface area (Å²) in [5.41, 5.74) is 0. The number of aliphatic hydroxyl groups is 2. The molecule has 0 saturated carbocycles. The smallest absolute Gasteiger partial charge is 0.305 e. The van der Waals surface area contributed by atoms with Crippen LogP contribution in [0.2, 0.25) is 0 Å². The summed E-state index contributed by atoms with van der Waals surface area (Å²) in [6, 6.07) is -0.637. The van der Waals surface area contributed by atoms with E-state index in [1.165, 1.54) is 244 Å². The number of hydrogen-bond donors (Lipinski definition) is 3. The Morgan fingerprint density at radius 2 is 0.681 bits per heavy atom. The molecule has 0 fully saturated rings. The normalized spacial score (nSPS) is 12.8. The van der Waals surface area contributed by atoms with Gasteiger partial charge in [-0.2, -0.15) is 0 Å². The quantitative estimate of drug-likeness (QED) is 0.0244. The molecule has 1 amide bonds. The molecule has 0 saturated heterocycles. The fourth-order valence-corrected chi connectivity index (χ4v) is 9.98. The van der Waals surface area contributed by atoms with Gasteiger partial charge in [-0.3, -0.25) is 9.59 Å². The zero-order valence-electron chi connectivity index (χ0n) is 48.4. The molecule has 424 valence electrons. The number of unbranched alkanes of at least 4 members (excludes halogenated alkanes) is 46. The van der Waals surface area contributed by atoms with E-state index in [-0.39, 0.29) is 18.5 Å². The first kappa shape index (κ1) is 70.1. The Morgan fingerprint density at radius 1 is 0.389 bits per heavy atom. The largest absolute Gasteiger partial charge is 0.466 e. The van der Waals surface area contributed by atoms with E-state index in [1.807, 2.05) is 6.08 Å². The SMILES string of the molecule is CCCCCCCCCCCCCCCCCCCCCCCC/C=C/C(O)C(CO)NC(=O)CCCCCCCCCCCC/C=C\C=C/CCCCCOC(=O)CCCCCCCCCCCCCC. The van der Waals surface area contributed by atoms with E-state index in [0.29, 0.717) is 19.4 Å². The van der Waals surface area contributed by atoms with Crippen LogP contribution < -0.4 is 5.32 Å². The van der Waals surface area contributed by atoms with Gasteiger partial charge in [0.15, 0.2) is 0 Å². The Morgan fingerprint density at radius 3 is 1.03 bits per heavy atom. The van der Waals surface area contributed by atoms with Gasteiger partial charge in [-0.1, -0.05) is 307 Å². The molecule has 6 nitrogen and oxygen atoms in total. The third-order valence-electron chi connectivity index (χ3n) is 14.9. The predicted molar refractivity (Wildman–Crippen MR) is 315 cm³/mol. The van der Waals surface area contributed by atoms with Crippen molar-refractivity contribution < 1.29 is 24.5 Å². The number of esters is 1. The van der Waals surface area contributed by atoms with E-state index in [4.69, 9.17) is 4.74 Å². The topological polar surface area (TPSA) is 95.9 Å². The third kappa shape index (κ3) is 57.4. The molecule has 2 unspecified atom stereocenters. The van der Waals surface area contributed by atoms with Gasteiger partial charge in [0.2, 0.25) is 5.91 Å². The van der Waals surface area contributed by atoms with Crippen LogP contribution in [0.25, 0.3) is 0 Å². The molecular formula is C66H125NO5. The standard InChI is InChI=1S/C66H125NO5/c1-3-5-7-9-11-13-15-17-18-19-20-21-22-23-24-26-29-32-35-38-42-46-50-54-58-64(69)63(62-68)67-65(70)59-55-51-47-43-39-36-33-30-27-25-28-31-34-37-41-45-49-53-57-61-72-66(71)60-56-52-48-44-40-16-14-12-10-8-6-4-2/h31,34,37,41,54,58,63-64,68-69H,3-30,32-33,35-36,38-40,42-53,55-57,59-62H2,1-2H3,(H,67,70)/b34-31-,41-37-,58-54+. The number of carbonyl (C=O) groups excluding carboxylic acids is 2. The Labute approximate surface area is 449 Å². The molecule has 0 aliphatic carbocycles. The first-order valence-electron chi connectivity index (χ1n) is 32.3. The van der Waals surface area contributed by atoms with Gasteiger partial charge < -0.3 is 20.3 Å². The van der Waals surface area contributed by atoms with Crippen LogP contribution >= 0.6 is 0 Å². The minimum atomic E-state index is -0.853. The maximum Gasteiger partial charge on any atom is 0.305 e. The Hall–Kier alpha value is -1.92. The maximum absolute atomic E-state index is 12.5. The summed E-state index contributed by atoms with van der Waals surface area (Å²) in [7, 11) is 0. The van der Waals surface area contributed by atoms with Crippen molar-refractivity contribution in [3.05, 3.63) is 36.5 Å². The minimum Gasteiger partial charge on any atom is -0.466 e. The summed E-state index contributed by atoms with van der Waals surface area (Å²) in [6.45, 7) is 4.88. The van der Waals surface area contributed by atoms with Crippen LogP contribution in [-0.4, -0.2) is 47.4 Å². The number of nitrogens with one attached hydrogen (secondary N) is 1. The molecule has 3 N–H and O–H groups in total. The van der Waals surface area contributed by atoms with Gasteiger partial charge in [0.05, 0.1) is 25.4 Å². The van der Waals surface area contributed by atoms with Gasteiger partial charge in [0.1, 0.15) is 0 Å². The molecule has 0 radical (unpaired) electrons. The van der Waals surface area contributed by atoms with Crippen LogP contribution in [0.1, 0.15) is 348 Å². The van der Waals surface area contributed by atoms with Crippen molar-refractivity contribution >= 4 is 11.9 Å². The van der Waals surface area contributed by atoms with E-state index >= 15 is 0 Å². The average Bonchev–Trinajstić information content (AvgIpc) is 3.38. The lowest BCUT2D eigenvalue weighted by Crippen LogP contribution is -2.45. The number of amides is 1. The van der Waals surface area contributed by atoms with Crippen molar-refractivity contribution in [2.24, 2.45) is 0 Å². The molecule has 72 heavy (non-hydrogen) atoms. The molecule has 6 heteroatoms. The van der Waals surface area contributed by atoms with Crippen molar-refractivity contribution in [3.63, 3.8) is 0 Å². The maximum atomic E-state index is 12.5. The molecule has 0 aromatic heterocycles. The second-order valence-electron chi connectivity index (χ2n) is 22.1. The third-order valence-corrected chi connectivity index (χ3v) is 14.9. The summed E-state index contributed by atoms with van der Waals surface area (Å²) in [4.78, 5) is 24.5. The lowest BCUT2D eigenvalue weighted by atomic mass is 10.0. The van der Waals surface area contributed by atoms with Crippen molar-refractivity contribution in [1.29, 1.82) is 0 Å². The van der Waals surface area contributed by atoms with Gasteiger partial charge in [0, 0.05) is 12.8 Å². The molecule has 0 aromatic carbocycles. The summed E-state index contributed by atoms with van der Waals surface area (Å²) in [5.74, 6) is -0.0877. The Kier molecular flexibility index (Phi) is 60.0. The van der Waals surface area contributed by atoms with Crippen LogP contribution in [0.5, 0.6) is 0 Å². The zero-order chi connectivity index (χ0) is 52.2. The van der Waals surface area contributed by atoms with Gasteiger partial charge in [-0.25, -0.2) is 0 Å². The fourth-order valence-electron chi connectivity index (χ4n) is 9.98. The zero-order valence-corrected chi connectivity index (χ0v) is 48.4. The van der Waals surface area contributed by atoms with E-state index in [2.05, 4.69) is 43.5 Å². The monoisotopic (exact) mass is 1010 g/mol. The summed E-state index contributed by atoms with van der Waals surface area (Å²) < 4.78 is 5.45. The highest BCUT2D eigenvalue weighted by Crippen LogP contribution is 2.18. The highest BCUT2D eigenvalue weighted by molar-refractivity contribution is 5.76. The van der Waals surface area contributed by atoms with Crippen LogP contribution in [0.15, 0.2) is 36.5 Å². The van der Waals surface area contributed by atoms with Crippen LogP contribution in [-0.2, 0) is 14.3 Å². The van der Waals surface area contributed by atoms with Crippen molar-refractivity contribution in [2.75, 3.05) is 13.2 Å².